The van der Waals surface area contributed by atoms with Gasteiger partial charge in [-0.1, -0.05) is 34.2 Å². The third-order valence-corrected chi connectivity index (χ3v) is 3.91. The highest BCUT2D eigenvalue weighted by molar-refractivity contribution is 9.09. The predicted molar refractivity (Wildman–Crippen MR) is 87.4 cm³/mol. The Morgan fingerprint density at radius 2 is 2.38 bits per heavy atom. The lowest BCUT2D eigenvalue weighted by Crippen LogP contribution is -2.17. The van der Waals surface area contributed by atoms with E-state index in [4.69, 9.17) is 9.47 Å². The maximum atomic E-state index is 6.00. The predicted octanol–water partition coefficient (Wildman–Crippen LogP) is 4.04. The molecular formula is C17H16BrNO2. The maximum Gasteiger partial charge on any atom is 0.227 e. The van der Waals surface area contributed by atoms with Crippen molar-refractivity contribution in [2.45, 2.75) is 12.5 Å². The van der Waals surface area contributed by atoms with Crippen LogP contribution in [0.4, 0.5) is 0 Å². The lowest BCUT2D eigenvalue weighted by atomic mass is 9.97. The Morgan fingerprint density at radius 1 is 1.48 bits per heavy atom. The van der Waals surface area contributed by atoms with Gasteiger partial charge in [0.1, 0.15) is 11.9 Å². The highest BCUT2D eigenvalue weighted by Crippen LogP contribution is 2.36. The molecular weight excluding hydrogens is 330 g/mol. The van der Waals surface area contributed by atoms with Crippen LogP contribution in [0.3, 0.4) is 0 Å². The molecule has 2 heterocycles. The van der Waals surface area contributed by atoms with Gasteiger partial charge in [-0.15, -0.1) is 0 Å². The topological polar surface area (TPSA) is 31.4 Å². The van der Waals surface area contributed by atoms with Crippen LogP contribution in [0.2, 0.25) is 0 Å². The first-order valence-corrected chi connectivity index (χ1v) is 7.98. The van der Waals surface area contributed by atoms with Crippen LogP contribution < -0.4 is 4.74 Å². The molecule has 1 aromatic heterocycles. The van der Waals surface area contributed by atoms with Gasteiger partial charge >= 0.3 is 0 Å². The van der Waals surface area contributed by atoms with Crippen LogP contribution in [0.15, 0.2) is 60.0 Å². The summed E-state index contributed by atoms with van der Waals surface area (Å²) in [5.74, 6) is 1.44. The summed E-state index contributed by atoms with van der Waals surface area (Å²) in [6.45, 7) is 0. The molecule has 1 aliphatic carbocycles. The van der Waals surface area contributed by atoms with E-state index in [1.165, 1.54) is 0 Å². The molecule has 0 N–H and O–H groups in total. The van der Waals surface area contributed by atoms with Crippen molar-refractivity contribution in [2.75, 3.05) is 12.4 Å². The number of hydrogen-bond acceptors (Lipinski definition) is 3. The minimum absolute atomic E-state index is 0.0910. The highest BCUT2D eigenvalue weighted by Gasteiger charge is 2.25. The van der Waals surface area contributed by atoms with Crippen molar-refractivity contribution >= 4 is 21.5 Å². The minimum atomic E-state index is -0.0910. The highest BCUT2D eigenvalue weighted by atomic mass is 79.9. The lowest BCUT2D eigenvalue weighted by molar-refractivity contribution is 0.164. The summed E-state index contributed by atoms with van der Waals surface area (Å²) >= 11 is 3.47. The minimum Gasteiger partial charge on any atom is -0.438 e. The van der Waals surface area contributed by atoms with Gasteiger partial charge in [0.15, 0.2) is 0 Å². The van der Waals surface area contributed by atoms with Crippen molar-refractivity contribution in [3.05, 3.63) is 65.6 Å². The van der Waals surface area contributed by atoms with E-state index in [1.54, 1.807) is 13.3 Å². The van der Waals surface area contributed by atoms with Gasteiger partial charge < -0.3 is 9.47 Å². The second kappa shape index (κ2) is 6.41. The van der Waals surface area contributed by atoms with Gasteiger partial charge in [-0.25, -0.2) is 4.98 Å². The van der Waals surface area contributed by atoms with Crippen LogP contribution in [0.1, 0.15) is 12.0 Å². The molecule has 21 heavy (non-hydrogen) atoms. The average Bonchev–Trinajstić information content (AvgIpc) is 2.68. The molecule has 0 saturated carbocycles. The van der Waals surface area contributed by atoms with E-state index in [-0.39, 0.29) is 6.10 Å². The van der Waals surface area contributed by atoms with Crippen LogP contribution in [0.5, 0.6) is 5.88 Å². The van der Waals surface area contributed by atoms with Crippen LogP contribution in [-0.4, -0.2) is 23.5 Å². The van der Waals surface area contributed by atoms with Crippen molar-refractivity contribution in [3.8, 4) is 5.88 Å². The fourth-order valence-corrected chi connectivity index (χ4v) is 2.68. The SMILES string of the molecule is COC1C=CC=C2Oc3ncccc3C(=CCCBr)C=C21. The first kappa shape index (κ1) is 14.3. The Bertz CT molecular complexity index is 659. The zero-order valence-electron chi connectivity index (χ0n) is 11.8. The van der Waals surface area contributed by atoms with Gasteiger partial charge in [0.25, 0.3) is 0 Å². The largest absolute Gasteiger partial charge is 0.438 e. The molecule has 0 fully saturated rings. The number of allylic oxidation sites excluding steroid dienone is 5. The number of aromatic nitrogens is 1. The van der Waals surface area contributed by atoms with E-state index < -0.39 is 0 Å². The third kappa shape index (κ3) is 2.87. The third-order valence-electron chi connectivity index (χ3n) is 3.45. The molecule has 0 amide bonds. The molecule has 1 aromatic rings. The molecule has 1 aliphatic heterocycles. The van der Waals surface area contributed by atoms with Gasteiger partial charge in [0.2, 0.25) is 5.88 Å². The Morgan fingerprint density at radius 3 is 3.19 bits per heavy atom. The number of alkyl halides is 1. The van der Waals surface area contributed by atoms with E-state index in [1.807, 2.05) is 30.4 Å². The standard InChI is InChI=1S/C17H16BrNO2/c1-20-15-7-2-8-16-14(15)11-12(5-3-9-18)13-6-4-10-19-17(13)21-16/h2,4-8,10-11,15H,3,9H2,1H3. The smallest absolute Gasteiger partial charge is 0.227 e. The Labute approximate surface area is 132 Å². The zero-order chi connectivity index (χ0) is 14.7. The number of fused-ring (bicyclic) bond motifs is 2. The van der Waals surface area contributed by atoms with Crippen molar-refractivity contribution in [1.82, 2.24) is 4.98 Å². The fraction of sp³-hybridized carbons (Fsp3) is 0.235. The first-order chi connectivity index (χ1) is 10.3. The number of rotatable bonds is 3. The summed E-state index contributed by atoms with van der Waals surface area (Å²) in [6.07, 6.45) is 12.9. The summed E-state index contributed by atoms with van der Waals surface area (Å²) in [4.78, 5) is 4.37. The van der Waals surface area contributed by atoms with Gasteiger partial charge in [0, 0.05) is 29.8 Å². The summed E-state index contributed by atoms with van der Waals surface area (Å²) in [5.41, 5.74) is 3.16. The molecule has 1 unspecified atom stereocenters. The molecule has 1 atom stereocenters. The van der Waals surface area contributed by atoms with Gasteiger partial charge in [-0.2, -0.15) is 0 Å². The first-order valence-electron chi connectivity index (χ1n) is 6.86. The molecule has 0 radical (unpaired) electrons. The van der Waals surface area contributed by atoms with E-state index in [0.717, 1.165) is 34.2 Å². The lowest BCUT2D eigenvalue weighted by Gasteiger charge is -2.19. The van der Waals surface area contributed by atoms with Crippen LogP contribution in [-0.2, 0) is 4.74 Å². The quantitative estimate of drug-likeness (QED) is 0.774. The second-order valence-electron chi connectivity index (χ2n) is 4.77. The molecule has 0 aromatic carbocycles. The van der Waals surface area contributed by atoms with E-state index >= 15 is 0 Å². The van der Waals surface area contributed by atoms with Crippen molar-refractivity contribution in [2.24, 2.45) is 0 Å². The second-order valence-corrected chi connectivity index (χ2v) is 5.56. The number of ether oxygens (including phenoxy) is 2. The molecule has 3 rings (SSSR count). The van der Waals surface area contributed by atoms with E-state index in [9.17, 15) is 0 Å². The van der Waals surface area contributed by atoms with E-state index in [0.29, 0.717) is 5.88 Å². The molecule has 3 nitrogen and oxygen atoms in total. The van der Waals surface area contributed by atoms with E-state index in [2.05, 4.69) is 33.1 Å². The molecule has 2 aliphatic rings. The number of hydrogen-bond donors (Lipinski definition) is 0. The summed E-state index contributed by atoms with van der Waals surface area (Å²) in [5, 5.41) is 0.923. The van der Waals surface area contributed by atoms with Crippen molar-refractivity contribution < 1.29 is 9.47 Å². The maximum absolute atomic E-state index is 6.00. The Hall–Kier alpha value is -1.65. The van der Waals surface area contributed by atoms with Gasteiger partial charge in [0.05, 0.1) is 0 Å². The van der Waals surface area contributed by atoms with Crippen LogP contribution in [0.25, 0.3) is 5.57 Å². The van der Waals surface area contributed by atoms with Gasteiger partial charge in [-0.05, 0) is 36.3 Å². The number of methoxy groups -OCH3 is 1. The van der Waals surface area contributed by atoms with Crippen LogP contribution >= 0.6 is 15.9 Å². The van der Waals surface area contributed by atoms with Crippen molar-refractivity contribution in [3.63, 3.8) is 0 Å². The van der Waals surface area contributed by atoms with Gasteiger partial charge in [-0.3, -0.25) is 0 Å². The number of pyridine rings is 1. The normalized spacial score (nSPS) is 21.8. The Kier molecular flexibility index (Phi) is 4.36. The molecule has 0 bridgehead atoms. The number of nitrogens with zero attached hydrogens (tertiary/aromatic N) is 1. The molecule has 0 saturated heterocycles. The summed E-state index contributed by atoms with van der Waals surface area (Å²) in [6, 6.07) is 3.96. The fourth-order valence-electron chi connectivity index (χ4n) is 2.46. The number of halogens is 1. The monoisotopic (exact) mass is 345 g/mol. The summed E-state index contributed by atoms with van der Waals surface area (Å²) < 4.78 is 11.5. The average molecular weight is 346 g/mol. The van der Waals surface area contributed by atoms with Crippen LogP contribution in [0, 0.1) is 0 Å². The van der Waals surface area contributed by atoms with Crippen molar-refractivity contribution in [1.29, 1.82) is 0 Å². The molecule has 0 spiro atoms. The Balaban J connectivity index is 2.13. The zero-order valence-corrected chi connectivity index (χ0v) is 13.3. The molecule has 4 heteroatoms. The summed E-state index contributed by atoms with van der Waals surface area (Å²) in [7, 11) is 1.71. The molecule has 108 valence electrons.